The molecule has 1 aliphatic rings. The van der Waals surface area contributed by atoms with Crippen LogP contribution in [0.1, 0.15) is 36.0 Å². The standard InChI is InChI=1S/C16H22OS/c1-12-7-13(2)9-15(8-12)11-16(17)10-14-3-5-18-6-4-14/h7-9,14H,3-6,10-11H2,1-2H3. The van der Waals surface area contributed by atoms with Gasteiger partial charge < -0.3 is 0 Å². The lowest BCUT2D eigenvalue weighted by Crippen LogP contribution is -2.15. The number of ketones is 1. The van der Waals surface area contributed by atoms with E-state index in [1.165, 1.54) is 41.0 Å². The van der Waals surface area contributed by atoms with Crippen molar-refractivity contribution in [2.75, 3.05) is 11.5 Å². The number of rotatable bonds is 4. The van der Waals surface area contributed by atoms with Crippen molar-refractivity contribution in [1.82, 2.24) is 0 Å². The third-order valence-corrected chi connectivity index (χ3v) is 4.59. The maximum Gasteiger partial charge on any atom is 0.137 e. The van der Waals surface area contributed by atoms with Crippen molar-refractivity contribution in [3.63, 3.8) is 0 Å². The van der Waals surface area contributed by atoms with Gasteiger partial charge in [-0.3, -0.25) is 4.79 Å². The van der Waals surface area contributed by atoms with Gasteiger partial charge >= 0.3 is 0 Å². The monoisotopic (exact) mass is 262 g/mol. The van der Waals surface area contributed by atoms with E-state index in [0.717, 1.165) is 6.42 Å². The first-order chi connectivity index (χ1) is 8.63. The van der Waals surface area contributed by atoms with Gasteiger partial charge in [0.15, 0.2) is 0 Å². The molecule has 98 valence electrons. The highest BCUT2D eigenvalue weighted by atomic mass is 32.2. The van der Waals surface area contributed by atoms with Gasteiger partial charge in [-0.15, -0.1) is 0 Å². The summed E-state index contributed by atoms with van der Waals surface area (Å²) in [5.41, 5.74) is 3.70. The van der Waals surface area contributed by atoms with Crippen LogP contribution < -0.4 is 0 Å². The molecular weight excluding hydrogens is 240 g/mol. The number of aryl methyl sites for hydroxylation is 2. The number of thioether (sulfide) groups is 1. The summed E-state index contributed by atoms with van der Waals surface area (Å²) >= 11 is 2.02. The van der Waals surface area contributed by atoms with Gasteiger partial charge in [0.25, 0.3) is 0 Å². The Bertz CT molecular complexity index is 399. The number of hydrogen-bond acceptors (Lipinski definition) is 2. The van der Waals surface area contributed by atoms with E-state index in [0.29, 0.717) is 18.1 Å². The predicted molar refractivity (Wildman–Crippen MR) is 79.3 cm³/mol. The van der Waals surface area contributed by atoms with Crippen LogP contribution in [0, 0.1) is 19.8 Å². The van der Waals surface area contributed by atoms with Gasteiger partial charge in [-0.1, -0.05) is 29.3 Å². The Morgan fingerprint density at radius 3 is 2.39 bits per heavy atom. The molecule has 1 aromatic carbocycles. The van der Waals surface area contributed by atoms with Crippen molar-refractivity contribution in [2.45, 2.75) is 39.5 Å². The van der Waals surface area contributed by atoms with E-state index in [4.69, 9.17) is 0 Å². The normalized spacial score (nSPS) is 16.8. The first-order valence-electron chi connectivity index (χ1n) is 6.80. The molecule has 0 bridgehead atoms. The van der Waals surface area contributed by atoms with Gasteiger partial charge in [0.2, 0.25) is 0 Å². The van der Waals surface area contributed by atoms with E-state index < -0.39 is 0 Å². The molecular formula is C16H22OS. The molecule has 1 saturated heterocycles. The molecule has 0 spiro atoms. The highest BCUT2D eigenvalue weighted by molar-refractivity contribution is 7.99. The molecule has 0 aromatic heterocycles. The molecule has 0 atom stereocenters. The molecule has 1 aromatic rings. The third-order valence-electron chi connectivity index (χ3n) is 3.54. The molecule has 1 heterocycles. The lowest BCUT2D eigenvalue weighted by Gasteiger charge is -2.20. The summed E-state index contributed by atoms with van der Waals surface area (Å²) < 4.78 is 0. The van der Waals surface area contributed by atoms with Gasteiger partial charge in [0.05, 0.1) is 0 Å². The lowest BCUT2D eigenvalue weighted by molar-refractivity contribution is -0.119. The summed E-state index contributed by atoms with van der Waals surface area (Å²) in [5.74, 6) is 3.53. The van der Waals surface area contributed by atoms with Crippen molar-refractivity contribution in [2.24, 2.45) is 5.92 Å². The van der Waals surface area contributed by atoms with Crippen LogP contribution in [-0.2, 0) is 11.2 Å². The number of carbonyl (C=O) groups excluding carboxylic acids is 1. The van der Waals surface area contributed by atoms with Crippen molar-refractivity contribution < 1.29 is 4.79 Å². The average molecular weight is 262 g/mol. The summed E-state index contributed by atoms with van der Waals surface area (Å²) in [6, 6.07) is 6.44. The second-order valence-corrected chi connectivity index (χ2v) is 6.70. The summed E-state index contributed by atoms with van der Waals surface area (Å²) in [7, 11) is 0. The van der Waals surface area contributed by atoms with Gasteiger partial charge in [-0.2, -0.15) is 11.8 Å². The molecule has 0 radical (unpaired) electrons. The van der Waals surface area contributed by atoms with Crippen LogP contribution in [-0.4, -0.2) is 17.3 Å². The minimum absolute atomic E-state index is 0.414. The van der Waals surface area contributed by atoms with E-state index >= 15 is 0 Å². The zero-order valence-corrected chi connectivity index (χ0v) is 12.2. The fraction of sp³-hybridized carbons (Fsp3) is 0.562. The second kappa shape index (κ2) is 6.42. The van der Waals surface area contributed by atoms with Crippen molar-refractivity contribution >= 4 is 17.5 Å². The maximum absolute atomic E-state index is 12.1. The molecule has 2 rings (SSSR count). The number of hydrogen-bond donors (Lipinski definition) is 0. The summed E-state index contributed by atoms with van der Waals surface area (Å²) in [6.45, 7) is 4.19. The van der Waals surface area contributed by atoms with Gasteiger partial charge in [0.1, 0.15) is 5.78 Å². The minimum atomic E-state index is 0.414. The molecule has 0 unspecified atom stereocenters. The molecule has 1 aliphatic heterocycles. The second-order valence-electron chi connectivity index (χ2n) is 5.47. The Kier molecular flexibility index (Phi) is 4.87. The molecule has 1 nitrogen and oxygen atoms in total. The van der Waals surface area contributed by atoms with Crippen LogP contribution in [0.25, 0.3) is 0 Å². The summed E-state index contributed by atoms with van der Waals surface area (Å²) in [5, 5.41) is 0. The van der Waals surface area contributed by atoms with Crippen LogP contribution in [0.5, 0.6) is 0 Å². The molecule has 0 amide bonds. The van der Waals surface area contributed by atoms with Crippen LogP contribution in [0.3, 0.4) is 0 Å². The first kappa shape index (κ1) is 13.7. The third kappa shape index (κ3) is 4.16. The largest absolute Gasteiger partial charge is 0.299 e. The van der Waals surface area contributed by atoms with Gasteiger partial charge in [-0.25, -0.2) is 0 Å². The highest BCUT2D eigenvalue weighted by Gasteiger charge is 2.17. The molecule has 2 heteroatoms. The maximum atomic E-state index is 12.1. The predicted octanol–water partition coefficient (Wildman–Crippen LogP) is 3.95. The zero-order chi connectivity index (χ0) is 13.0. The molecule has 18 heavy (non-hydrogen) atoms. The van der Waals surface area contributed by atoms with Crippen LogP contribution >= 0.6 is 11.8 Å². The summed E-state index contributed by atoms with van der Waals surface area (Å²) in [4.78, 5) is 12.1. The average Bonchev–Trinajstić information content (AvgIpc) is 2.28. The van der Waals surface area contributed by atoms with E-state index in [-0.39, 0.29) is 0 Å². The molecule has 1 fully saturated rings. The Morgan fingerprint density at radius 1 is 1.17 bits per heavy atom. The molecule has 0 saturated carbocycles. The van der Waals surface area contributed by atoms with E-state index in [1.807, 2.05) is 11.8 Å². The Hall–Kier alpha value is -0.760. The van der Waals surface area contributed by atoms with E-state index in [2.05, 4.69) is 32.0 Å². The molecule has 0 aliphatic carbocycles. The fourth-order valence-electron chi connectivity index (χ4n) is 2.74. The number of carbonyl (C=O) groups is 1. The first-order valence-corrected chi connectivity index (χ1v) is 7.95. The van der Waals surface area contributed by atoms with Crippen molar-refractivity contribution in [1.29, 1.82) is 0 Å². The van der Waals surface area contributed by atoms with Gasteiger partial charge in [0, 0.05) is 12.8 Å². The topological polar surface area (TPSA) is 17.1 Å². The quantitative estimate of drug-likeness (QED) is 0.817. The van der Waals surface area contributed by atoms with Crippen LogP contribution in [0.2, 0.25) is 0 Å². The molecule has 0 N–H and O–H groups in total. The number of benzene rings is 1. The van der Waals surface area contributed by atoms with Crippen LogP contribution in [0.4, 0.5) is 0 Å². The SMILES string of the molecule is Cc1cc(C)cc(CC(=O)CC2CCSCC2)c1. The minimum Gasteiger partial charge on any atom is -0.299 e. The zero-order valence-electron chi connectivity index (χ0n) is 11.4. The fourth-order valence-corrected chi connectivity index (χ4v) is 3.95. The smallest absolute Gasteiger partial charge is 0.137 e. The lowest BCUT2D eigenvalue weighted by atomic mass is 9.93. The van der Waals surface area contributed by atoms with Crippen molar-refractivity contribution in [3.8, 4) is 0 Å². The van der Waals surface area contributed by atoms with E-state index in [9.17, 15) is 4.79 Å². The van der Waals surface area contributed by atoms with Crippen molar-refractivity contribution in [3.05, 3.63) is 34.9 Å². The van der Waals surface area contributed by atoms with E-state index in [1.54, 1.807) is 0 Å². The Balaban J connectivity index is 1.89. The van der Waals surface area contributed by atoms with Crippen LogP contribution in [0.15, 0.2) is 18.2 Å². The number of Topliss-reactive ketones (excluding diaryl/α,β-unsaturated/α-hetero) is 1. The summed E-state index contributed by atoms with van der Waals surface area (Å²) in [6.07, 6.45) is 3.85. The Morgan fingerprint density at radius 2 is 1.78 bits per heavy atom. The van der Waals surface area contributed by atoms with Gasteiger partial charge in [-0.05, 0) is 49.7 Å². The Labute approximate surface area is 114 Å². The highest BCUT2D eigenvalue weighted by Crippen LogP contribution is 2.26.